The van der Waals surface area contributed by atoms with Crippen LogP contribution in [0.2, 0.25) is 0 Å². The van der Waals surface area contributed by atoms with E-state index >= 15 is 0 Å². The topological polar surface area (TPSA) is 101 Å². The number of ketones is 1. The van der Waals surface area contributed by atoms with Crippen LogP contribution in [0.4, 0.5) is 15.8 Å². The molecule has 1 saturated heterocycles. The van der Waals surface area contributed by atoms with Crippen molar-refractivity contribution < 1.29 is 24.0 Å². The molecule has 7 nitrogen and oxygen atoms in total. The third-order valence-corrected chi connectivity index (χ3v) is 5.02. The molecule has 0 bridgehead atoms. The van der Waals surface area contributed by atoms with Gasteiger partial charge in [-0.25, -0.2) is 4.39 Å². The van der Waals surface area contributed by atoms with Crippen LogP contribution >= 0.6 is 0 Å². The molecule has 1 fully saturated rings. The zero-order valence-corrected chi connectivity index (χ0v) is 15.9. The van der Waals surface area contributed by atoms with Crippen LogP contribution in [0.25, 0.3) is 5.76 Å². The summed E-state index contributed by atoms with van der Waals surface area (Å²) in [6.07, 6.45) is 0. The fourth-order valence-corrected chi connectivity index (χ4v) is 3.63. The molecule has 4 rings (SSSR count). The van der Waals surface area contributed by atoms with Gasteiger partial charge in [0.15, 0.2) is 0 Å². The molecule has 1 aliphatic rings. The molecule has 0 radical (unpaired) electrons. The Bertz CT molecular complexity index is 1220. The van der Waals surface area contributed by atoms with Gasteiger partial charge in [0.25, 0.3) is 17.4 Å². The Morgan fingerprint density at radius 2 is 1.55 bits per heavy atom. The molecule has 0 spiro atoms. The van der Waals surface area contributed by atoms with Crippen LogP contribution in [0.1, 0.15) is 17.2 Å². The molecule has 0 aromatic heterocycles. The lowest BCUT2D eigenvalue weighted by Gasteiger charge is -2.25. The fraction of sp³-hybridized carbons (Fsp3) is 0.0435. The predicted octanol–water partition coefficient (Wildman–Crippen LogP) is 4.36. The van der Waals surface area contributed by atoms with E-state index in [1.165, 1.54) is 36.4 Å². The highest BCUT2D eigenvalue weighted by Crippen LogP contribution is 2.44. The summed E-state index contributed by atoms with van der Waals surface area (Å²) in [7, 11) is 0. The Balaban J connectivity index is 2.01. The van der Waals surface area contributed by atoms with Gasteiger partial charge in [0, 0.05) is 17.3 Å². The maximum Gasteiger partial charge on any atom is 0.300 e. The van der Waals surface area contributed by atoms with Crippen molar-refractivity contribution in [3.05, 3.63) is 111 Å². The zero-order valence-electron chi connectivity index (χ0n) is 15.9. The highest BCUT2D eigenvalue weighted by atomic mass is 19.1. The number of para-hydroxylation sites is 1. The Morgan fingerprint density at radius 3 is 2.19 bits per heavy atom. The monoisotopic (exact) mass is 418 g/mol. The third kappa shape index (κ3) is 3.44. The summed E-state index contributed by atoms with van der Waals surface area (Å²) < 4.78 is 13.5. The highest BCUT2D eigenvalue weighted by Gasteiger charge is 2.48. The van der Waals surface area contributed by atoms with Crippen LogP contribution in [-0.4, -0.2) is 21.7 Å². The van der Waals surface area contributed by atoms with Gasteiger partial charge in [-0.2, -0.15) is 0 Å². The van der Waals surface area contributed by atoms with Crippen LogP contribution < -0.4 is 4.90 Å². The summed E-state index contributed by atoms with van der Waals surface area (Å²) in [4.78, 5) is 38.0. The largest absolute Gasteiger partial charge is 0.507 e. The normalized spacial score (nSPS) is 17.7. The average Bonchev–Trinajstić information content (AvgIpc) is 3.05. The van der Waals surface area contributed by atoms with Gasteiger partial charge < -0.3 is 5.11 Å². The van der Waals surface area contributed by atoms with Crippen LogP contribution in [0.5, 0.6) is 0 Å². The predicted molar refractivity (Wildman–Crippen MR) is 111 cm³/mol. The number of rotatable bonds is 4. The number of aliphatic hydroxyl groups is 1. The first-order chi connectivity index (χ1) is 14.9. The SMILES string of the molecule is O=C1C(=O)N(c2ccc(F)cc2)C(c2ccccc2[N+](=O)[O-])C1=C(O)c1ccccc1. The number of nitro benzene ring substituents is 1. The summed E-state index contributed by atoms with van der Waals surface area (Å²) in [5.41, 5.74) is -0.106. The van der Waals surface area contributed by atoms with Crippen LogP contribution in [0.3, 0.4) is 0 Å². The van der Waals surface area contributed by atoms with Gasteiger partial charge in [-0.1, -0.05) is 42.5 Å². The second-order valence-corrected chi connectivity index (χ2v) is 6.83. The van der Waals surface area contributed by atoms with Gasteiger partial charge in [0.1, 0.15) is 17.6 Å². The minimum absolute atomic E-state index is 0.0495. The van der Waals surface area contributed by atoms with Gasteiger partial charge in [0.2, 0.25) is 0 Å². The molecular formula is C23H15FN2O5. The van der Waals surface area contributed by atoms with Crippen LogP contribution in [0.15, 0.2) is 84.4 Å². The molecule has 3 aromatic rings. The molecule has 1 unspecified atom stereocenters. The van der Waals surface area contributed by atoms with E-state index in [4.69, 9.17) is 0 Å². The van der Waals surface area contributed by atoms with E-state index in [-0.39, 0.29) is 28.1 Å². The van der Waals surface area contributed by atoms with Crippen molar-refractivity contribution in [1.29, 1.82) is 0 Å². The molecule has 0 saturated carbocycles. The number of hydrogen-bond donors (Lipinski definition) is 1. The second kappa shape index (κ2) is 7.83. The van der Waals surface area contributed by atoms with E-state index in [9.17, 15) is 29.2 Å². The van der Waals surface area contributed by atoms with Gasteiger partial charge in [0.05, 0.1) is 16.1 Å². The number of carbonyl (C=O) groups excluding carboxylic acids is 2. The van der Waals surface area contributed by atoms with Crippen LogP contribution in [0, 0.1) is 15.9 Å². The molecular weight excluding hydrogens is 403 g/mol. The molecule has 1 atom stereocenters. The number of aliphatic hydroxyl groups excluding tert-OH is 1. The third-order valence-electron chi connectivity index (χ3n) is 5.02. The van der Waals surface area contributed by atoms with Gasteiger partial charge in [-0.05, 0) is 30.3 Å². The number of Topliss-reactive ketones (excluding diaryl/α,β-unsaturated/α-hetero) is 1. The lowest BCUT2D eigenvalue weighted by Crippen LogP contribution is -2.29. The molecule has 1 heterocycles. The van der Waals surface area contributed by atoms with Crippen molar-refractivity contribution in [2.24, 2.45) is 0 Å². The quantitative estimate of drug-likeness (QED) is 0.223. The van der Waals surface area contributed by atoms with E-state index < -0.39 is 34.2 Å². The zero-order chi connectivity index (χ0) is 22.1. The molecule has 0 aliphatic carbocycles. The maximum absolute atomic E-state index is 13.5. The Labute approximate surface area is 175 Å². The van der Waals surface area contributed by atoms with E-state index in [0.29, 0.717) is 0 Å². The first-order valence-corrected chi connectivity index (χ1v) is 9.25. The molecule has 8 heteroatoms. The van der Waals surface area contributed by atoms with Gasteiger partial charge in [-0.3, -0.25) is 24.6 Å². The van der Waals surface area contributed by atoms with Crippen molar-refractivity contribution in [3.63, 3.8) is 0 Å². The summed E-state index contributed by atoms with van der Waals surface area (Å²) in [6.45, 7) is 0. The number of halogens is 1. The number of nitro groups is 1. The van der Waals surface area contributed by atoms with Crippen molar-refractivity contribution in [2.75, 3.05) is 4.90 Å². The smallest absolute Gasteiger partial charge is 0.300 e. The lowest BCUT2D eigenvalue weighted by molar-refractivity contribution is -0.385. The first kappa shape index (κ1) is 20.0. The Morgan fingerprint density at radius 1 is 0.935 bits per heavy atom. The molecule has 3 aromatic carbocycles. The number of hydrogen-bond acceptors (Lipinski definition) is 5. The average molecular weight is 418 g/mol. The number of nitrogens with zero attached hydrogens (tertiary/aromatic N) is 2. The highest BCUT2D eigenvalue weighted by molar-refractivity contribution is 6.51. The minimum atomic E-state index is -1.27. The lowest BCUT2D eigenvalue weighted by atomic mass is 9.94. The second-order valence-electron chi connectivity index (χ2n) is 6.83. The van der Waals surface area contributed by atoms with Gasteiger partial charge >= 0.3 is 0 Å². The number of carbonyl (C=O) groups is 2. The minimum Gasteiger partial charge on any atom is -0.507 e. The molecule has 1 N–H and O–H groups in total. The molecule has 1 aliphatic heterocycles. The standard InChI is InChI=1S/C23H15FN2O5/c24-15-10-12-16(13-11-15)25-20(17-8-4-5-9-18(17)26(30)31)19(22(28)23(25)29)21(27)14-6-2-1-3-7-14/h1-13,20,27H. The fourth-order valence-electron chi connectivity index (χ4n) is 3.63. The van der Waals surface area contributed by atoms with Crippen molar-refractivity contribution in [3.8, 4) is 0 Å². The molecule has 154 valence electrons. The summed E-state index contributed by atoms with van der Waals surface area (Å²) in [5.74, 6) is -2.97. The summed E-state index contributed by atoms with van der Waals surface area (Å²) in [5, 5.41) is 22.6. The van der Waals surface area contributed by atoms with E-state index in [1.807, 2.05) is 0 Å². The van der Waals surface area contributed by atoms with E-state index in [0.717, 1.165) is 17.0 Å². The Hall–Kier alpha value is -4.33. The van der Waals surface area contributed by atoms with Crippen LogP contribution in [-0.2, 0) is 9.59 Å². The molecule has 31 heavy (non-hydrogen) atoms. The number of amides is 1. The van der Waals surface area contributed by atoms with E-state index in [2.05, 4.69) is 0 Å². The Kier molecular flexibility index (Phi) is 5.04. The van der Waals surface area contributed by atoms with E-state index in [1.54, 1.807) is 30.3 Å². The summed E-state index contributed by atoms with van der Waals surface area (Å²) >= 11 is 0. The van der Waals surface area contributed by atoms with Crippen molar-refractivity contribution in [2.45, 2.75) is 6.04 Å². The number of anilines is 1. The van der Waals surface area contributed by atoms with Crippen molar-refractivity contribution in [1.82, 2.24) is 0 Å². The first-order valence-electron chi connectivity index (χ1n) is 9.25. The van der Waals surface area contributed by atoms with Gasteiger partial charge in [-0.15, -0.1) is 0 Å². The molecule has 1 amide bonds. The maximum atomic E-state index is 13.5. The number of benzene rings is 3. The van der Waals surface area contributed by atoms with Crippen molar-refractivity contribution >= 4 is 28.8 Å². The summed E-state index contributed by atoms with van der Waals surface area (Å²) in [6, 6.07) is 17.3.